The normalized spacial score (nSPS) is 18.2. The van der Waals surface area contributed by atoms with E-state index in [0.717, 1.165) is 19.4 Å². The Morgan fingerprint density at radius 3 is 1.58 bits per heavy atom. The molecule has 3 nitrogen and oxygen atoms in total. The molecular weight excluding hydrogens is 751 g/mol. The summed E-state index contributed by atoms with van der Waals surface area (Å²) < 4.78 is 0. The van der Waals surface area contributed by atoms with E-state index in [1.807, 2.05) is 0 Å². The number of hydrogen-bond donors (Lipinski definition) is 0. The first-order chi connectivity index (χ1) is 30.3. The molecule has 62 heavy (non-hydrogen) atoms. The van der Waals surface area contributed by atoms with E-state index >= 15 is 0 Å². The van der Waals surface area contributed by atoms with Crippen molar-refractivity contribution in [3.05, 3.63) is 209 Å². The molecule has 0 spiro atoms. The van der Waals surface area contributed by atoms with Crippen LogP contribution in [0.15, 0.2) is 170 Å². The Balaban J connectivity index is 0.837. The third kappa shape index (κ3) is 5.57. The van der Waals surface area contributed by atoms with Gasteiger partial charge in [-0.25, -0.2) is 0 Å². The van der Waals surface area contributed by atoms with Gasteiger partial charge in [0.05, 0.1) is 28.8 Å². The van der Waals surface area contributed by atoms with Crippen molar-refractivity contribution in [2.45, 2.75) is 63.8 Å². The first kappa shape index (κ1) is 37.0. The SMILES string of the molecule is CC1(C)c2cc(C=Cc3ccc4c(c3)C(C)(C)c3cc(N5c6ccccc6N(C6C=CC=CC6)c6ccccc65)ccc3-4)ccc2-c2ccc(N3CCCc4ccccc43)cc21. The first-order valence-electron chi connectivity index (χ1n) is 22.5. The zero-order valence-electron chi connectivity index (χ0n) is 36.1. The van der Waals surface area contributed by atoms with Gasteiger partial charge >= 0.3 is 0 Å². The van der Waals surface area contributed by atoms with Crippen molar-refractivity contribution in [2.75, 3.05) is 21.2 Å². The van der Waals surface area contributed by atoms with Crippen molar-refractivity contribution in [1.29, 1.82) is 0 Å². The summed E-state index contributed by atoms with van der Waals surface area (Å²) >= 11 is 0. The van der Waals surface area contributed by atoms with Gasteiger partial charge in [0.15, 0.2) is 0 Å². The molecule has 2 heterocycles. The maximum absolute atomic E-state index is 2.52. The quantitative estimate of drug-likeness (QED) is 0.161. The lowest BCUT2D eigenvalue weighted by atomic mass is 9.81. The second-order valence-corrected chi connectivity index (χ2v) is 18.8. The maximum Gasteiger partial charge on any atom is 0.0699 e. The van der Waals surface area contributed by atoms with Crippen molar-refractivity contribution >= 4 is 52.0 Å². The number of hydrogen-bond acceptors (Lipinski definition) is 3. The van der Waals surface area contributed by atoms with Gasteiger partial charge in [0.25, 0.3) is 0 Å². The lowest BCUT2D eigenvalue weighted by Crippen LogP contribution is -2.34. The average molecular weight is 802 g/mol. The van der Waals surface area contributed by atoms with Gasteiger partial charge in [-0.2, -0.15) is 0 Å². The first-order valence-corrected chi connectivity index (χ1v) is 22.5. The molecule has 7 aromatic carbocycles. The molecule has 0 radical (unpaired) electrons. The van der Waals surface area contributed by atoms with Crippen LogP contribution in [0.3, 0.4) is 0 Å². The molecular formula is C59H51N3. The number of anilines is 7. The number of nitrogens with zero attached hydrogens (tertiary/aromatic N) is 3. The Bertz CT molecular complexity index is 3020. The molecule has 3 heteroatoms. The maximum atomic E-state index is 2.52. The number of allylic oxidation sites excluding steroid dienone is 2. The van der Waals surface area contributed by atoms with Crippen molar-refractivity contribution in [3.63, 3.8) is 0 Å². The van der Waals surface area contributed by atoms with Gasteiger partial charge in [-0.1, -0.05) is 155 Å². The molecule has 12 rings (SSSR count). The van der Waals surface area contributed by atoms with Crippen LogP contribution >= 0.6 is 0 Å². The third-order valence-electron chi connectivity index (χ3n) is 14.6. The highest BCUT2D eigenvalue weighted by atomic mass is 15.3. The molecule has 0 saturated carbocycles. The molecule has 0 saturated heterocycles. The summed E-state index contributed by atoms with van der Waals surface area (Å²) in [5.74, 6) is 0. The van der Waals surface area contributed by atoms with Crippen LogP contribution in [0.2, 0.25) is 0 Å². The minimum Gasteiger partial charge on any atom is -0.341 e. The third-order valence-corrected chi connectivity index (χ3v) is 14.6. The van der Waals surface area contributed by atoms with Crippen LogP contribution in [0, 0.1) is 0 Å². The molecule has 0 bridgehead atoms. The van der Waals surface area contributed by atoms with Gasteiger partial charge in [-0.05, 0) is 135 Å². The fourth-order valence-electron chi connectivity index (χ4n) is 11.4. The summed E-state index contributed by atoms with van der Waals surface area (Å²) in [5, 5.41) is 0. The highest BCUT2D eigenvalue weighted by Crippen LogP contribution is 2.56. The van der Waals surface area contributed by atoms with Crippen LogP contribution in [-0.2, 0) is 17.3 Å². The van der Waals surface area contributed by atoms with E-state index in [9.17, 15) is 0 Å². The van der Waals surface area contributed by atoms with Crippen LogP contribution in [-0.4, -0.2) is 12.6 Å². The fraction of sp³-hybridized carbons (Fsp3) is 0.186. The van der Waals surface area contributed by atoms with Crippen LogP contribution in [0.1, 0.15) is 79.5 Å². The van der Waals surface area contributed by atoms with E-state index in [2.05, 4.69) is 224 Å². The molecule has 2 aliphatic heterocycles. The Kier molecular flexibility index (Phi) is 8.25. The number of rotatable bonds is 5. The van der Waals surface area contributed by atoms with Gasteiger partial charge in [-0.3, -0.25) is 0 Å². The second-order valence-electron chi connectivity index (χ2n) is 18.8. The summed E-state index contributed by atoms with van der Waals surface area (Å²) in [7, 11) is 0. The van der Waals surface area contributed by atoms with Gasteiger partial charge in [-0.15, -0.1) is 0 Å². The lowest BCUT2D eigenvalue weighted by Gasteiger charge is -2.43. The van der Waals surface area contributed by atoms with Crippen LogP contribution in [0.25, 0.3) is 34.4 Å². The van der Waals surface area contributed by atoms with E-state index in [0.29, 0.717) is 0 Å². The Morgan fingerprint density at radius 1 is 0.500 bits per heavy atom. The highest BCUT2D eigenvalue weighted by Gasteiger charge is 2.39. The summed E-state index contributed by atoms with van der Waals surface area (Å²) in [5.41, 5.74) is 23.4. The molecule has 0 amide bonds. The second kappa shape index (κ2) is 13.8. The fourth-order valence-corrected chi connectivity index (χ4v) is 11.4. The lowest BCUT2D eigenvalue weighted by molar-refractivity contribution is 0.659. The van der Waals surface area contributed by atoms with Gasteiger partial charge in [0.2, 0.25) is 0 Å². The number of aryl methyl sites for hydroxylation is 1. The van der Waals surface area contributed by atoms with Gasteiger partial charge in [0.1, 0.15) is 0 Å². The van der Waals surface area contributed by atoms with E-state index in [1.54, 1.807) is 0 Å². The minimum atomic E-state index is -0.164. The van der Waals surface area contributed by atoms with Crippen LogP contribution in [0.4, 0.5) is 39.8 Å². The molecule has 302 valence electrons. The number of fused-ring (bicyclic) bond motifs is 9. The zero-order chi connectivity index (χ0) is 41.7. The predicted molar refractivity (Wildman–Crippen MR) is 262 cm³/mol. The summed E-state index contributed by atoms with van der Waals surface area (Å²) in [6, 6.07) is 55.4. The number of benzene rings is 7. The topological polar surface area (TPSA) is 9.72 Å². The molecule has 5 aliphatic rings. The summed E-state index contributed by atoms with van der Waals surface area (Å²) in [6.45, 7) is 10.6. The monoisotopic (exact) mass is 801 g/mol. The van der Waals surface area contributed by atoms with Crippen molar-refractivity contribution in [1.82, 2.24) is 0 Å². The molecule has 7 aromatic rings. The van der Waals surface area contributed by atoms with E-state index < -0.39 is 0 Å². The standard InChI is InChI=1S/C59H51N3/c1-58(2)49-35-39(26-30-45(49)47-32-28-43(37-51(47)58)60-34-14-16-41-15-8-9-19-53(41)60)24-25-40-27-31-46-48-33-29-44(38-52(48)59(3,4)50(46)36-40)62-56-22-12-10-20-54(56)61(42-17-6-5-7-18-42)55-21-11-13-23-57(55)62/h5-13,15,17,19-33,35-38,42H,14,16,18,34H2,1-4H3. The molecule has 3 aliphatic carbocycles. The molecule has 1 unspecified atom stereocenters. The largest absolute Gasteiger partial charge is 0.341 e. The van der Waals surface area contributed by atoms with Crippen molar-refractivity contribution in [3.8, 4) is 22.3 Å². The van der Waals surface area contributed by atoms with Gasteiger partial charge < -0.3 is 14.7 Å². The smallest absolute Gasteiger partial charge is 0.0699 e. The van der Waals surface area contributed by atoms with Crippen LogP contribution < -0.4 is 14.7 Å². The minimum absolute atomic E-state index is 0.0931. The zero-order valence-corrected chi connectivity index (χ0v) is 36.1. The van der Waals surface area contributed by atoms with Crippen LogP contribution in [0.5, 0.6) is 0 Å². The van der Waals surface area contributed by atoms with Crippen molar-refractivity contribution < 1.29 is 0 Å². The van der Waals surface area contributed by atoms with Gasteiger partial charge in [0, 0.05) is 34.4 Å². The summed E-state index contributed by atoms with van der Waals surface area (Å²) in [6.07, 6.45) is 16.9. The van der Waals surface area contributed by atoms with E-state index in [1.165, 1.54) is 107 Å². The molecule has 0 aromatic heterocycles. The molecule has 1 atom stereocenters. The predicted octanol–water partition coefficient (Wildman–Crippen LogP) is 15.4. The Labute approximate surface area is 366 Å². The average Bonchev–Trinajstić information content (AvgIpc) is 3.67. The summed E-state index contributed by atoms with van der Waals surface area (Å²) in [4.78, 5) is 7.52. The van der Waals surface area contributed by atoms with Crippen molar-refractivity contribution in [2.24, 2.45) is 0 Å². The van der Waals surface area contributed by atoms with E-state index in [-0.39, 0.29) is 16.9 Å². The molecule has 0 fully saturated rings. The Morgan fingerprint density at radius 2 is 1.00 bits per heavy atom. The number of para-hydroxylation sites is 5. The highest BCUT2D eigenvalue weighted by molar-refractivity contribution is 5.99. The molecule has 0 N–H and O–H groups in total. The van der Waals surface area contributed by atoms with E-state index in [4.69, 9.17) is 0 Å². The Hall–Kier alpha value is -6.84.